The van der Waals surface area contributed by atoms with Gasteiger partial charge in [-0.2, -0.15) is 9.50 Å². The van der Waals surface area contributed by atoms with E-state index >= 15 is 0 Å². The molecule has 0 saturated carbocycles. The average Bonchev–Trinajstić information content (AvgIpc) is 3.46. The topological polar surface area (TPSA) is 98.2 Å². The second-order valence-corrected chi connectivity index (χ2v) is 9.28. The van der Waals surface area contributed by atoms with Crippen LogP contribution in [0.15, 0.2) is 41.8 Å². The fourth-order valence-corrected chi connectivity index (χ4v) is 4.89. The highest BCUT2D eigenvalue weighted by Crippen LogP contribution is 2.27. The molecular formula is C25H30N6OS. The molecule has 7 nitrogen and oxygen atoms in total. The molecule has 3 aromatic heterocycles. The molecular weight excluding hydrogens is 432 g/mol. The molecule has 3 N–H and O–H groups in total. The van der Waals surface area contributed by atoms with Crippen molar-refractivity contribution in [2.45, 2.75) is 58.9 Å². The summed E-state index contributed by atoms with van der Waals surface area (Å²) >= 11 is 1.65. The maximum Gasteiger partial charge on any atom is 0.254 e. The number of carbonyl (C=O) groups excluding carboxylic acids is 1. The average molecular weight is 463 g/mol. The summed E-state index contributed by atoms with van der Waals surface area (Å²) in [5, 5.41) is 9.50. The van der Waals surface area contributed by atoms with Gasteiger partial charge < -0.3 is 11.1 Å². The molecule has 1 atom stereocenters. The minimum Gasteiger partial charge on any atom is -0.366 e. The molecule has 0 aliphatic heterocycles. The Kier molecular flexibility index (Phi) is 7.03. The van der Waals surface area contributed by atoms with Crippen LogP contribution in [-0.4, -0.2) is 25.5 Å². The summed E-state index contributed by atoms with van der Waals surface area (Å²) in [6, 6.07) is 12.6. The van der Waals surface area contributed by atoms with E-state index in [0.29, 0.717) is 18.6 Å². The van der Waals surface area contributed by atoms with Crippen molar-refractivity contribution in [3.8, 4) is 0 Å². The first-order chi connectivity index (χ1) is 16.0. The number of nitrogens with zero attached hydrogens (tertiary/aromatic N) is 4. The number of amides is 1. The van der Waals surface area contributed by atoms with E-state index in [4.69, 9.17) is 5.73 Å². The van der Waals surface area contributed by atoms with E-state index in [1.54, 1.807) is 15.9 Å². The predicted octanol–water partition coefficient (Wildman–Crippen LogP) is 4.57. The van der Waals surface area contributed by atoms with Gasteiger partial charge in [-0.15, -0.1) is 16.4 Å². The summed E-state index contributed by atoms with van der Waals surface area (Å²) in [6.07, 6.45) is 4.38. The lowest BCUT2D eigenvalue weighted by Gasteiger charge is -2.19. The van der Waals surface area contributed by atoms with Crippen molar-refractivity contribution in [2.24, 2.45) is 0 Å². The van der Waals surface area contributed by atoms with Crippen molar-refractivity contribution >= 4 is 29.0 Å². The predicted molar refractivity (Wildman–Crippen MR) is 132 cm³/mol. The van der Waals surface area contributed by atoms with Crippen LogP contribution >= 0.6 is 11.3 Å². The first-order valence-electron chi connectivity index (χ1n) is 11.4. The van der Waals surface area contributed by atoms with Gasteiger partial charge in [-0.25, -0.2) is 4.98 Å². The Balaban J connectivity index is 1.48. The Morgan fingerprint density at radius 2 is 1.94 bits per heavy atom. The van der Waals surface area contributed by atoms with Crippen molar-refractivity contribution in [3.63, 3.8) is 0 Å². The molecule has 0 aliphatic carbocycles. The lowest BCUT2D eigenvalue weighted by molar-refractivity contribution is -0.121. The van der Waals surface area contributed by atoms with Crippen molar-refractivity contribution in [1.29, 1.82) is 0 Å². The van der Waals surface area contributed by atoms with Crippen molar-refractivity contribution in [2.75, 3.05) is 5.73 Å². The zero-order valence-corrected chi connectivity index (χ0v) is 20.2. The van der Waals surface area contributed by atoms with Crippen molar-refractivity contribution in [1.82, 2.24) is 24.9 Å². The summed E-state index contributed by atoms with van der Waals surface area (Å²) in [5.74, 6) is 0.677. The Labute approximate surface area is 198 Å². The van der Waals surface area contributed by atoms with Crippen LogP contribution in [0, 0.1) is 13.8 Å². The summed E-state index contributed by atoms with van der Waals surface area (Å²) in [6.45, 7) is 6.09. The number of nitrogens with two attached hydrogens (primary N) is 1. The largest absolute Gasteiger partial charge is 0.366 e. The van der Waals surface area contributed by atoms with Crippen LogP contribution in [0.25, 0.3) is 5.78 Å². The quantitative estimate of drug-likeness (QED) is 0.380. The lowest BCUT2D eigenvalue weighted by Crippen LogP contribution is -2.29. The lowest BCUT2D eigenvalue weighted by atomic mass is 10.0. The number of carbonyl (C=O) groups is 1. The van der Waals surface area contributed by atoms with Crippen LogP contribution in [0.4, 0.5) is 5.95 Å². The van der Waals surface area contributed by atoms with E-state index in [-0.39, 0.29) is 17.9 Å². The number of aryl methyl sites for hydroxylation is 3. The third kappa shape index (κ3) is 5.22. The Morgan fingerprint density at radius 3 is 2.64 bits per heavy atom. The van der Waals surface area contributed by atoms with E-state index in [2.05, 4.69) is 57.6 Å². The van der Waals surface area contributed by atoms with Crippen LogP contribution in [0.3, 0.4) is 0 Å². The van der Waals surface area contributed by atoms with Gasteiger partial charge in [0.25, 0.3) is 5.78 Å². The number of hydrogen-bond acceptors (Lipinski definition) is 6. The SMILES string of the molecule is CCCCc1ccc(C(NC(=O)CCc2c(C)nc3nc(N)nn3c2C)c2cccs2)cc1. The monoisotopic (exact) mass is 462 g/mol. The Morgan fingerprint density at radius 1 is 1.15 bits per heavy atom. The molecule has 0 saturated heterocycles. The maximum atomic E-state index is 13.0. The van der Waals surface area contributed by atoms with Crippen molar-refractivity contribution in [3.05, 3.63) is 74.7 Å². The number of hydrogen-bond donors (Lipinski definition) is 2. The van der Waals surface area contributed by atoms with E-state index in [0.717, 1.165) is 33.8 Å². The highest BCUT2D eigenvalue weighted by Gasteiger charge is 2.19. The molecule has 33 heavy (non-hydrogen) atoms. The zero-order valence-electron chi connectivity index (χ0n) is 19.3. The standard InChI is InChI=1S/C25H30N6OS/c1-4-5-7-18-9-11-19(12-10-18)23(21-8-6-15-33-21)28-22(32)14-13-20-16(2)27-25-29-24(26)30-31(25)17(20)3/h6,8-12,15,23H,4-5,7,13-14H2,1-3H3,(H2,26,30)(H,28,32). The number of benzene rings is 1. The van der Waals surface area contributed by atoms with Gasteiger partial charge in [0.15, 0.2) is 0 Å². The fraction of sp³-hybridized carbons (Fsp3) is 0.360. The molecule has 0 spiro atoms. The van der Waals surface area contributed by atoms with E-state index in [1.165, 1.54) is 18.4 Å². The van der Waals surface area contributed by atoms with E-state index in [9.17, 15) is 4.79 Å². The maximum absolute atomic E-state index is 13.0. The second-order valence-electron chi connectivity index (χ2n) is 8.30. The van der Waals surface area contributed by atoms with Gasteiger partial charge in [-0.05, 0) is 61.2 Å². The number of thiophene rings is 1. The van der Waals surface area contributed by atoms with Gasteiger partial charge in [0.1, 0.15) is 0 Å². The molecule has 1 aromatic carbocycles. The number of anilines is 1. The summed E-state index contributed by atoms with van der Waals surface area (Å²) in [4.78, 5) is 22.8. The minimum absolute atomic E-state index is 0.000427. The molecule has 4 rings (SSSR count). The van der Waals surface area contributed by atoms with Crippen LogP contribution < -0.4 is 11.1 Å². The van der Waals surface area contributed by atoms with E-state index in [1.807, 2.05) is 25.3 Å². The molecule has 0 radical (unpaired) electrons. The summed E-state index contributed by atoms with van der Waals surface area (Å²) < 4.78 is 1.64. The third-order valence-corrected chi connectivity index (χ3v) is 6.87. The minimum atomic E-state index is -0.157. The molecule has 1 unspecified atom stereocenters. The first-order valence-corrected chi connectivity index (χ1v) is 12.2. The Bertz CT molecular complexity index is 1230. The number of aromatic nitrogens is 4. The first kappa shape index (κ1) is 22.9. The normalized spacial score (nSPS) is 12.2. The van der Waals surface area contributed by atoms with Crippen molar-refractivity contribution < 1.29 is 4.79 Å². The Hall–Kier alpha value is -3.26. The molecule has 0 fully saturated rings. The molecule has 3 heterocycles. The van der Waals surface area contributed by atoms with Crippen LogP contribution in [0.2, 0.25) is 0 Å². The smallest absolute Gasteiger partial charge is 0.254 e. The number of unbranched alkanes of at least 4 members (excludes halogenated alkanes) is 1. The molecule has 0 aliphatic rings. The number of rotatable bonds is 9. The molecule has 0 bridgehead atoms. The zero-order chi connectivity index (χ0) is 23.4. The van der Waals surface area contributed by atoms with Crippen LogP contribution in [0.1, 0.15) is 65.2 Å². The van der Waals surface area contributed by atoms with Gasteiger partial charge in [0.2, 0.25) is 11.9 Å². The number of nitrogen functional groups attached to an aromatic ring is 1. The third-order valence-electron chi connectivity index (χ3n) is 5.93. The second kappa shape index (κ2) is 10.1. The number of nitrogens with one attached hydrogen (secondary N) is 1. The van der Waals surface area contributed by atoms with Gasteiger partial charge >= 0.3 is 0 Å². The molecule has 1 amide bonds. The van der Waals surface area contributed by atoms with Crippen LogP contribution in [0.5, 0.6) is 0 Å². The van der Waals surface area contributed by atoms with Gasteiger partial charge in [-0.1, -0.05) is 43.7 Å². The molecule has 8 heteroatoms. The van der Waals surface area contributed by atoms with E-state index < -0.39 is 0 Å². The highest BCUT2D eigenvalue weighted by molar-refractivity contribution is 7.10. The number of fused-ring (bicyclic) bond motifs is 1. The van der Waals surface area contributed by atoms with Gasteiger partial charge in [0, 0.05) is 22.7 Å². The summed E-state index contributed by atoms with van der Waals surface area (Å²) in [5.41, 5.74) is 10.9. The fourth-order valence-electron chi connectivity index (χ4n) is 4.09. The molecule has 172 valence electrons. The molecule has 4 aromatic rings. The van der Waals surface area contributed by atoms with Gasteiger partial charge in [-0.3, -0.25) is 4.79 Å². The van der Waals surface area contributed by atoms with Crippen LogP contribution in [-0.2, 0) is 17.6 Å². The highest BCUT2D eigenvalue weighted by atomic mass is 32.1. The van der Waals surface area contributed by atoms with Gasteiger partial charge in [0.05, 0.1) is 6.04 Å². The summed E-state index contributed by atoms with van der Waals surface area (Å²) in [7, 11) is 0.